The van der Waals surface area contributed by atoms with E-state index in [-0.39, 0.29) is 26.9 Å². The molecule has 9 nitrogen and oxygen atoms in total. The van der Waals surface area contributed by atoms with Gasteiger partial charge < -0.3 is 8.92 Å². The highest BCUT2D eigenvalue weighted by Crippen LogP contribution is 2.30. The molecule has 35 heavy (non-hydrogen) atoms. The fourth-order valence-electron chi connectivity index (χ4n) is 2.83. The lowest BCUT2D eigenvalue weighted by Gasteiger charge is -2.10. The first-order chi connectivity index (χ1) is 16.9. The van der Waals surface area contributed by atoms with Crippen LogP contribution in [-0.4, -0.2) is 31.6 Å². The molecule has 1 amide bonds. The van der Waals surface area contributed by atoms with E-state index in [2.05, 4.69) is 15.5 Å². The molecule has 12 heteroatoms. The molecule has 0 radical (unpaired) electrons. The third-order valence-electron chi connectivity index (χ3n) is 4.51. The van der Waals surface area contributed by atoms with Crippen molar-refractivity contribution in [2.24, 2.45) is 0 Å². The highest BCUT2D eigenvalue weighted by molar-refractivity contribution is 7.87. The van der Waals surface area contributed by atoms with Crippen LogP contribution in [0.15, 0.2) is 76.5 Å². The number of hydrogen-bond donors (Lipinski definition) is 1. The molecule has 0 aliphatic heterocycles. The summed E-state index contributed by atoms with van der Waals surface area (Å²) in [5.74, 6) is -0.260. The quantitative estimate of drug-likeness (QED) is 0.201. The predicted octanol–water partition coefficient (Wildman–Crippen LogP) is 4.59. The smallest absolute Gasteiger partial charge is 0.339 e. The van der Waals surface area contributed by atoms with E-state index in [4.69, 9.17) is 8.92 Å². The number of amides is 1. The van der Waals surface area contributed by atoms with Crippen LogP contribution >= 0.6 is 22.7 Å². The molecule has 0 bridgehead atoms. The van der Waals surface area contributed by atoms with Crippen LogP contribution in [0.25, 0.3) is 16.0 Å². The van der Waals surface area contributed by atoms with Crippen LogP contribution in [-0.2, 0) is 14.9 Å². The second kappa shape index (κ2) is 10.5. The van der Waals surface area contributed by atoms with E-state index in [1.807, 2.05) is 23.6 Å². The van der Waals surface area contributed by atoms with Gasteiger partial charge in [-0.3, -0.25) is 10.1 Å². The molecule has 4 aromatic rings. The number of anilines is 1. The van der Waals surface area contributed by atoms with Crippen LogP contribution in [0, 0.1) is 11.3 Å². The third kappa shape index (κ3) is 5.72. The molecular weight excluding hydrogens is 508 g/mol. The first-order valence-electron chi connectivity index (χ1n) is 9.88. The number of hydrogen-bond acceptors (Lipinski definition) is 10. The van der Waals surface area contributed by atoms with Crippen LogP contribution in [0.1, 0.15) is 5.56 Å². The van der Waals surface area contributed by atoms with Gasteiger partial charge in [0, 0.05) is 5.56 Å². The number of methoxy groups -OCH3 is 1. The molecule has 0 atom stereocenters. The summed E-state index contributed by atoms with van der Waals surface area (Å²) in [6, 6.07) is 17.5. The van der Waals surface area contributed by atoms with Gasteiger partial charge in [-0.15, -0.1) is 21.5 Å². The second-order valence-corrected chi connectivity index (χ2v) is 10.2. The summed E-state index contributed by atoms with van der Waals surface area (Å²) in [6.45, 7) is 0. The Labute approximate surface area is 209 Å². The number of nitriles is 1. The lowest BCUT2D eigenvalue weighted by atomic mass is 10.1. The number of carbonyl (C=O) groups excluding carboxylic acids is 1. The SMILES string of the molecule is COc1ccc(S(=O)(=O)Oc2ccccc2/C=C(\C#N)C(=O)Nc2nnc(-c3cccs3)s2)cc1. The normalized spacial score (nSPS) is 11.5. The first-order valence-corrected chi connectivity index (χ1v) is 13.0. The zero-order valence-electron chi connectivity index (χ0n) is 18.0. The van der Waals surface area contributed by atoms with Gasteiger partial charge in [-0.05, 0) is 47.9 Å². The largest absolute Gasteiger partial charge is 0.497 e. The van der Waals surface area contributed by atoms with E-state index >= 15 is 0 Å². The third-order valence-corrected chi connectivity index (χ3v) is 7.64. The maximum absolute atomic E-state index is 12.7. The van der Waals surface area contributed by atoms with Crippen molar-refractivity contribution >= 4 is 49.9 Å². The summed E-state index contributed by atoms with van der Waals surface area (Å²) in [5, 5.41) is 22.9. The van der Waals surface area contributed by atoms with Gasteiger partial charge in [-0.2, -0.15) is 13.7 Å². The molecule has 0 aliphatic carbocycles. The second-order valence-electron chi connectivity index (χ2n) is 6.76. The van der Waals surface area contributed by atoms with E-state index in [0.29, 0.717) is 10.8 Å². The van der Waals surface area contributed by atoms with E-state index in [1.165, 1.54) is 72.3 Å². The van der Waals surface area contributed by atoms with Crippen molar-refractivity contribution in [1.82, 2.24) is 10.2 Å². The van der Waals surface area contributed by atoms with Crippen LogP contribution in [0.4, 0.5) is 5.13 Å². The molecule has 0 fully saturated rings. The van der Waals surface area contributed by atoms with Crippen LogP contribution < -0.4 is 14.2 Å². The summed E-state index contributed by atoms with van der Waals surface area (Å²) in [6.07, 6.45) is 1.25. The molecule has 0 saturated heterocycles. The summed E-state index contributed by atoms with van der Waals surface area (Å²) in [4.78, 5) is 13.5. The van der Waals surface area contributed by atoms with Crippen molar-refractivity contribution in [3.8, 4) is 27.5 Å². The van der Waals surface area contributed by atoms with Gasteiger partial charge in [0.1, 0.15) is 28.0 Å². The Balaban J connectivity index is 1.55. The minimum absolute atomic E-state index is 0.0419. The van der Waals surface area contributed by atoms with Gasteiger partial charge in [0.2, 0.25) is 5.13 Å². The molecule has 2 aromatic heterocycles. The zero-order valence-corrected chi connectivity index (χ0v) is 20.5. The number of ether oxygens (including phenoxy) is 1. The summed E-state index contributed by atoms with van der Waals surface area (Å²) in [5.41, 5.74) is -0.0383. The minimum Gasteiger partial charge on any atom is -0.497 e. The average Bonchev–Trinajstić information content (AvgIpc) is 3.55. The van der Waals surface area contributed by atoms with E-state index in [1.54, 1.807) is 12.1 Å². The number of nitrogens with zero attached hydrogens (tertiary/aromatic N) is 3. The van der Waals surface area contributed by atoms with Crippen molar-refractivity contribution in [3.05, 3.63) is 77.2 Å². The molecule has 0 spiro atoms. The Hall–Kier alpha value is -4.05. The predicted molar refractivity (Wildman–Crippen MR) is 133 cm³/mol. The molecule has 4 rings (SSSR count). The highest BCUT2D eigenvalue weighted by Gasteiger charge is 2.20. The summed E-state index contributed by atoms with van der Waals surface area (Å²) in [7, 11) is -2.70. The topological polar surface area (TPSA) is 131 Å². The number of benzene rings is 2. The molecule has 2 aromatic carbocycles. The van der Waals surface area contributed by atoms with Gasteiger partial charge in [-0.1, -0.05) is 35.6 Å². The monoisotopic (exact) mass is 524 g/mol. The summed E-state index contributed by atoms with van der Waals surface area (Å²) >= 11 is 2.66. The standard InChI is InChI=1S/C23H16N4O5S3/c1-31-17-8-10-18(11-9-17)35(29,30)32-19-6-3-2-5-15(19)13-16(14-24)21(28)25-23-27-26-22(34-23)20-7-4-12-33-20/h2-13H,1H3,(H,25,27,28)/b16-13+. The van der Waals surface area contributed by atoms with Crippen molar-refractivity contribution in [2.45, 2.75) is 4.90 Å². The maximum Gasteiger partial charge on any atom is 0.339 e. The van der Waals surface area contributed by atoms with Crippen molar-refractivity contribution in [2.75, 3.05) is 12.4 Å². The van der Waals surface area contributed by atoms with Crippen LogP contribution in [0.2, 0.25) is 0 Å². The van der Waals surface area contributed by atoms with Crippen molar-refractivity contribution in [3.63, 3.8) is 0 Å². The van der Waals surface area contributed by atoms with Gasteiger partial charge in [0.05, 0.1) is 12.0 Å². The number of aromatic nitrogens is 2. The van der Waals surface area contributed by atoms with E-state index in [0.717, 1.165) is 4.88 Å². The van der Waals surface area contributed by atoms with E-state index in [9.17, 15) is 18.5 Å². The fourth-order valence-corrected chi connectivity index (χ4v) is 5.31. The number of rotatable bonds is 8. The first kappa shape index (κ1) is 24.1. The van der Waals surface area contributed by atoms with Gasteiger partial charge >= 0.3 is 10.1 Å². The fraction of sp³-hybridized carbons (Fsp3) is 0.0435. The average molecular weight is 525 g/mol. The number of thiophene rings is 1. The molecule has 2 heterocycles. The van der Waals surface area contributed by atoms with Gasteiger partial charge in [-0.25, -0.2) is 0 Å². The van der Waals surface area contributed by atoms with Crippen LogP contribution in [0.5, 0.6) is 11.5 Å². The molecule has 0 aliphatic rings. The Morgan fingerprint density at radius 2 is 1.86 bits per heavy atom. The molecule has 0 saturated carbocycles. The van der Waals surface area contributed by atoms with Crippen LogP contribution in [0.3, 0.4) is 0 Å². The Bertz CT molecular complexity index is 1520. The number of para-hydroxylation sites is 1. The Morgan fingerprint density at radius 3 is 2.54 bits per heavy atom. The van der Waals surface area contributed by atoms with Gasteiger partial charge in [0.15, 0.2) is 5.01 Å². The van der Waals surface area contributed by atoms with Crippen molar-refractivity contribution in [1.29, 1.82) is 5.26 Å². The molecule has 176 valence electrons. The number of nitrogens with one attached hydrogen (secondary N) is 1. The van der Waals surface area contributed by atoms with E-state index < -0.39 is 16.0 Å². The minimum atomic E-state index is -4.17. The molecular formula is C23H16N4O5S3. The maximum atomic E-state index is 12.7. The van der Waals surface area contributed by atoms with Gasteiger partial charge in [0.25, 0.3) is 5.91 Å². The Morgan fingerprint density at radius 1 is 1.09 bits per heavy atom. The van der Waals surface area contributed by atoms with Crippen molar-refractivity contribution < 1.29 is 22.1 Å². The lowest BCUT2D eigenvalue weighted by molar-refractivity contribution is -0.112. The molecule has 1 N–H and O–H groups in total. The molecule has 0 unspecified atom stereocenters. The number of carbonyl (C=O) groups is 1. The zero-order chi connectivity index (χ0) is 24.8. The Kier molecular flexibility index (Phi) is 7.21. The summed E-state index contributed by atoms with van der Waals surface area (Å²) < 4.78 is 35.8. The lowest BCUT2D eigenvalue weighted by Crippen LogP contribution is -2.13. The highest BCUT2D eigenvalue weighted by atomic mass is 32.2.